The highest BCUT2D eigenvalue weighted by Gasteiger charge is 2.23. The lowest BCUT2D eigenvalue weighted by Gasteiger charge is -2.16. The molecule has 1 rings (SSSR count). The maximum Gasteiger partial charge on any atom is 0.324 e. The van der Waals surface area contributed by atoms with Gasteiger partial charge in [0.2, 0.25) is 11.6 Å². The number of hydrogen-bond donors (Lipinski definition) is 2. The van der Waals surface area contributed by atoms with E-state index in [1.54, 1.807) is 6.92 Å². The Balaban J connectivity index is 2.85. The van der Waals surface area contributed by atoms with Crippen LogP contribution in [0.2, 0.25) is 0 Å². The number of nitrogens with one attached hydrogen (secondary N) is 1. The highest BCUT2D eigenvalue weighted by Crippen LogP contribution is 2.26. The Hall–Kier alpha value is -1.83. The van der Waals surface area contributed by atoms with Crippen LogP contribution in [0.1, 0.15) is 13.3 Å². The molecule has 0 heterocycles. The molecule has 0 radical (unpaired) electrons. The highest BCUT2D eigenvalue weighted by atomic mass is 19.2. The molecule has 8 heteroatoms. The Morgan fingerprint density at radius 3 is 2.30 bits per heavy atom. The summed E-state index contributed by atoms with van der Waals surface area (Å²) in [4.78, 5) is 10.9. The third-order valence-electron chi connectivity index (χ3n) is 2.40. The first-order valence-corrected chi connectivity index (χ1v) is 5.80. The molecule has 0 aliphatic heterocycles. The van der Waals surface area contributed by atoms with Crippen molar-refractivity contribution in [1.29, 1.82) is 0 Å². The van der Waals surface area contributed by atoms with E-state index in [0.29, 0.717) is 13.0 Å². The van der Waals surface area contributed by atoms with Gasteiger partial charge in [-0.15, -0.1) is 0 Å². The van der Waals surface area contributed by atoms with Gasteiger partial charge in [0, 0.05) is 6.07 Å². The van der Waals surface area contributed by atoms with E-state index in [4.69, 9.17) is 5.11 Å². The van der Waals surface area contributed by atoms with Gasteiger partial charge in [-0.1, -0.05) is 6.92 Å². The molecule has 0 saturated heterocycles. The lowest BCUT2D eigenvalue weighted by molar-refractivity contribution is -0.140. The van der Waals surface area contributed by atoms with Gasteiger partial charge in [0.15, 0.2) is 17.4 Å². The first kappa shape index (κ1) is 16.2. The molecule has 0 saturated carbocycles. The Bertz CT molecular complexity index is 470. The van der Waals surface area contributed by atoms with E-state index in [-0.39, 0.29) is 6.07 Å². The van der Waals surface area contributed by atoms with Gasteiger partial charge in [0.1, 0.15) is 12.6 Å². The van der Waals surface area contributed by atoms with E-state index in [9.17, 15) is 22.4 Å². The number of halogens is 4. The summed E-state index contributed by atoms with van der Waals surface area (Å²) in [7, 11) is 0. The third kappa shape index (κ3) is 3.83. The molecule has 4 nitrogen and oxygen atoms in total. The molecule has 1 atom stereocenters. The van der Waals surface area contributed by atoms with Crippen LogP contribution in [0.15, 0.2) is 6.07 Å². The smallest absolute Gasteiger partial charge is 0.324 e. The van der Waals surface area contributed by atoms with E-state index in [1.165, 1.54) is 0 Å². The molecule has 20 heavy (non-hydrogen) atoms. The van der Waals surface area contributed by atoms with E-state index >= 15 is 0 Å². The van der Waals surface area contributed by atoms with E-state index in [2.05, 4.69) is 10.1 Å². The van der Waals surface area contributed by atoms with Gasteiger partial charge in [-0.25, -0.2) is 8.78 Å². The maximum absolute atomic E-state index is 13.3. The summed E-state index contributed by atoms with van der Waals surface area (Å²) in [6, 6.07) is -1.21. The van der Waals surface area contributed by atoms with Crippen molar-refractivity contribution in [2.24, 2.45) is 0 Å². The predicted octanol–water partition coefficient (Wildman–Crippen LogP) is 2.07. The number of hydrogen-bond acceptors (Lipinski definition) is 3. The number of benzene rings is 1. The molecule has 0 aromatic heterocycles. The number of carboxylic acids is 1. The lowest BCUT2D eigenvalue weighted by Crippen LogP contribution is -2.42. The van der Waals surface area contributed by atoms with Gasteiger partial charge >= 0.3 is 5.97 Å². The fourth-order valence-corrected chi connectivity index (χ4v) is 1.38. The molecular formula is C12H13F4NO3. The average molecular weight is 295 g/mol. The van der Waals surface area contributed by atoms with Crippen LogP contribution in [0.25, 0.3) is 0 Å². The fourth-order valence-electron chi connectivity index (χ4n) is 1.38. The van der Waals surface area contributed by atoms with Gasteiger partial charge in [-0.2, -0.15) is 8.78 Å². The maximum atomic E-state index is 13.3. The zero-order valence-electron chi connectivity index (χ0n) is 10.6. The zero-order valence-corrected chi connectivity index (χ0v) is 10.6. The standard InChI is InChI=1S/C12H13F4NO3/c1-2-3-17-8(12(18)19)5-20-11-9(15)6(13)4-7(14)10(11)16/h4,8,17H,2-3,5H2,1H3,(H,18,19). The zero-order chi connectivity index (χ0) is 15.3. The second-order valence-corrected chi connectivity index (χ2v) is 3.95. The molecule has 0 fully saturated rings. The number of ether oxygens (including phenoxy) is 1. The molecule has 0 aliphatic carbocycles. The summed E-state index contributed by atoms with van der Waals surface area (Å²) in [6.45, 7) is 1.45. The number of carboxylic acid groups (broad SMARTS) is 1. The van der Waals surface area contributed by atoms with Crippen molar-refractivity contribution in [3.63, 3.8) is 0 Å². The van der Waals surface area contributed by atoms with E-state index in [1.807, 2.05) is 0 Å². The minimum Gasteiger partial charge on any atom is -0.485 e. The largest absolute Gasteiger partial charge is 0.485 e. The monoisotopic (exact) mass is 295 g/mol. The van der Waals surface area contributed by atoms with Gasteiger partial charge < -0.3 is 15.2 Å². The molecule has 1 unspecified atom stereocenters. The summed E-state index contributed by atoms with van der Waals surface area (Å²) in [5.74, 6) is -9.23. The minimum atomic E-state index is -1.71. The summed E-state index contributed by atoms with van der Waals surface area (Å²) in [5.41, 5.74) is 0. The van der Waals surface area contributed by atoms with Crippen LogP contribution in [0, 0.1) is 23.3 Å². The van der Waals surface area contributed by atoms with Crippen LogP contribution in [0.5, 0.6) is 5.75 Å². The van der Waals surface area contributed by atoms with Crippen LogP contribution in [-0.4, -0.2) is 30.3 Å². The van der Waals surface area contributed by atoms with Crippen molar-refractivity contribution in [3.8, 4) is 5.75 Å². The van der Waals surface area contributed by atoms with Crippen LogP contribution in [-0.2, 0) is 4.79 Å². The number of carbonyl (C=O) groups is 1. The highest BCUT2D eigenvalue weighted by molar-refractivity contribution is 5.73. The molecule has 0 aliphatic rings. The first-order chi connectivity index (χ1) is 9.38. The number of rotatable bonds is 7. The Kier molecular flexibility index (Phi) is 5.75. The molecule has 0 bridgehead atoms. The summed E-state index contributed by atoms with van der Waals surface area (Å²) >= 11 is 0. The van der Waals surface area contributed by atoms with Crippen LogP contribution in [0.3, 0.4) is 0 Å². The molecule has 1 aromatic carbocycles. The second-order valence-electron chi connectivity index (χ2n) is 3.95. The normalized spacial score (nSPS) is 12.2. The predicted molar refractivity (Wildman–Crippen MR) is 61.5 cm³/mol. The van der Waals surface area contributed by atoms with E-state index in [0.717, 1.165) is 0 Å². The molecular weight excluding hydrogens is 282 g/mol. The van der Waals surface area contributed by atoms with Gasteiger partial charge in [0.05, 0.1) is 0 Å². The first-order valence-electron chi connectivity index (χ1n) is 5.80. The average Bonchev–Trinajstić information content (AvgIpc) is 2.39. The second kappa shape index (κ2) is 7.09. The summed E-state index contributed by atoms with van der Waals surface area (Å²) < 4.78 is 56.9. The fraction of sp³-hybridized carbons (Fsp3) is 0.417. The molecule has 0 amide bonds. The minimum absolute atomic E-state index is 0.0432. The SMILES string of the molecule is CCCNC(COc1c(F)c(F)cc(F)c1F)C(=O)O. The Morgan fingerprint density at radius 1 is 1.30 bits per heavy atom. The van der Waals surface area contributed by atoms with Crippen molar-refractivity contribution < 1.29 is 32.2 Å². The summed E-state index contributed by atoms with van der Waals surface area (Å²) in [6.07, 6.45) is 0.626. The van der Waals surface area contributed by atoms with E-state index < -0.39 is 47.6 Å². The van der Waals surface area contributed by atoms with Crippen molar-refractivity contribution in [1.82, 2.24) is 5.32 Å². The van der Waals surface area contributed by atoms with Crippen LogP contribution < -0.4 is 10.1 Å². The van der Waals surface area contributed by atoms with Crippen molar-refractivity contribution in [3.05, 3.63) is 29.3 Å². The lowest BCUT2D eigenvalue weighted by atomic mass is 10.2. The van der Waals surface area contributed by atoms with Gasteiger partial charge in [-0.3, -0.25) is 4.79 Å². The van der Waals surface area contributed by atoms with Crippen LogP contribution >= 0.6 is 0 Å². The van der Waals surface area contributed by atoms with Crippen molar-refractivity contribution >= 4 is 5.97 Å². The van der Waals surface area contributed by atoms with Crippen LogP contribution in [0.4, 0.5) is 17.6 Å². The summed E-state index contributed by atoms with van der Waals surface area (Å²) in [5, 5.41) is 11.4. The molecule has 0 spiro atoms. The van der Waals surface area contributed by atoms with Crippen molar-refractivity contribution in [2.75, 3.05) is 13.2 Å². The molecule has 112 valence electrons. The van der Waals surface area contributed by atoms with Crippen molar-refractivity contribution in [2.45, 2.75) is 19.4 Å². The van der Waals surface area contributed by atoms with Gasteiger partial charge in [0.25, 0.3) is 0 Å². The topological polar surface area (TPSA) is 58.6 Å². The molecule has 1 aromatic rings. The third-order valence-corrected chi connectivity index (χ3v) is 2.40. The number of aliphatic carboxylic acids is 1. The Labute approximate surface area is 112 Å². The Morgan fingerprint density at radius 2 is 1.85 bits per heavy atom. The van der Waals surface area contributed by atoms with Gasteiger partial charge in [-0.05, 0) is 13.0 Å². The molecule has 2 N–H and O–H groups in total. The quantitative estimate of drug-likeness (QED) is 0.597.